The topological polar surface area (TPSA) is 78.1 Å². The molecule has 166 valence electrons. The standard InChI is InChI=1S/C26H23FN4O2/c1-16-13-21(24(27)29-14-16)25(32)30-15-23-18-6-3-2-5-17(18)10-12-31(23)26(33)20-7-4-8-22-19(20)9-11-28-22/h2-9,11,13-14,23,28H,10,12,15H2,1H3,(H,30,32). The van der Waals surface area contributed by atoms with Gasteiger partial charge in [0.2, 0.25) is 5.95 Å². The van der Waals surface area contributed by atoms with Gasteiger partial charge in [-0.05, 0) is 54.3 Å². The zero-order valence-corrected chi connectivity index (χ0v) is 18.1. The summed E-state index contributed by atoms with van der Waals surface area (Å²) in [6.07, 6.45) is 3.92. The van der Waals surface area contributed by atoms with Crippen LogP contribution in [-0.4, -0.2) is 39.8 Å². The molecule has 2 aromatic heterocycles. The molecule has 33 heavy (non-hydrogen) atoms. The van der Waals surface area contributed by atoms with Gasteiger partial charge in [0.15, 0.2) is 0 Å². The van der Waals surface area contributed by atoms with E-state index in [9.17, 15) is 14.0 Å². The van der Waals surface area contributed by atoms with Crippen molar-refractivity contribution in [1.82, 2.24) is 20.2 Å². The maximum absolute atomic E-state index is 14.1. The van der Waals surface area contributed by atoms with Crippen molar-refractivity contribution in [1.29, 1.82) is 0 Å². The number of hydrogen-bond acceptors (Lipinski definition) is 3. The fraction of sp³-hybridized carbons (Fsp3) is 0.192. The highest BCUT2D eigenvalue weighted by Gasteiger charge is 2.32. The maximum atomic E-state index is 14.1. The first-order valence-corrected chi connectivity index (χ1v) is 10.9. The number of H-pyrrole nitrogens is 1. The average Bonchev–Trinajstić information content (AvgIpc) is 3.32. The van der Waals surface area contributed by atoms with Gasteiger partial charge in [-0.15, -0.1) is 0 Å². The largest absolute Gasteiger partial charge is 0.361 e. The summed E-state index contributed by atoms with van der Waals surface area (Å²) in [5.41, 5.74) is 4.23. The Bertz CT molecular complexity index is 1360. The molecule has 1 atom stereocenters. The number of pyridine rings is 1. The Morgan fingerprint density at radius 2 is 2.00 bits per heavy atom. The van der Waals surface area contributed by atoms with E-state index in [-0.39, 0.29) is 24.1 Å². The van der Waals surface area contributed by atoms with Gasteiger partial charge in [-0.2, -0.15) is 4.39 Å². The van der Waals surface area contributed by atoms with Crippen LogP contribution in [0.1, 0.15) is 43.4 Å². The molecule has 6 nitrogen and oxygen atoms in total. The van der Waals surface area contributed by atoms with Gasteiger partial charge in [0, 0.05) is 41.9 Å². The predicted octanol–water partition coefficient (Wildman–Crippen LogP) is 4.18. The Morgan fingerprint density at radius 3 is 2.88 bits per heavy atom. The number of nitrogens with one attached hydrogen (secondary N) is 2. The van der Waals surface area contributed by atoms with E-state index in [1.165, 1.54) is 12.3 Å². The van der Waals surface area contributed by atoms with Gasteiger partial charge in [-0.25, -0.2) is 4.98 Å². The summed E-state index contributed by atoms with van der Waals surface area (Å²) >= 11 is 0. The second-order valence-electron chi connectivity index (χ2n) is 8.27. The van der Waals surface area contributed by atoms with Crippen LogP contribution in [0.2, 0.25) is 0 Å². The third-order valence-corrected chi connectivity index (χ3v) is 6.17. The summed E-state index contributed by atoms with van der Waals surface area (Å²) in [4.78, 5) is 35.0. The fourth-order valence-electron chi connectivity index (χ4n) is 4.54. The van der Waals surface area contributed by atoms with Crippen LogP contribution in [0.15, 0.2) is 67.0 Å². The summed E-state index contributed by atoms with van der Waals surface area (Å²) in [6.45, 7) is 2.44. The maximum Gasteiger partial charge on any atom is 0.256 e. The highest BCUT2D eigenvalue weighted by molar-refractivity contribution is 6.06. The molecule has 1 aliphatic rings. The quantitative estimate of drug-likeness (QED) is 0.466. The van der Waals surface area contributed by atoms with E-state index >= 15 is 0 Å². The van der Waals surface area contributed by atoms with Gasteiger partial charge in [-0.3, -0.25) is 9.59 Å². The molecule has 0 aliphatic carbocycles. The molecule has 5 rings (SSSR count). The van der Waals surface area contributed by atoms with Crippen LogP contribution in [0.4, 0.5) is 4.39 Å². The molecule has 1 unspecified atom stereocenters. The van der Waals surface area contributed by atoms with Gasteiger partial charge in [0.05, 0.1) is 11.6 Å². The highest BCUT2D eigenvalue weighted by Crippen LogP contribution is 2.32. The Hall–Kier alpha value is -4.00. The minimum Gasteiger partial charge on any atom is -0.361 e. The molecule has 7 heteroatoms. The van der Waals surface area contributed by atoms with Crippen LogP contribution >= 0.6 is 0 Å². The van der Waals surface area contributed by atoms with Crippen LogP contribution in [0.5, 0.6) is 0 Å². The third-order valence-electron chi connectivity index (χ3n) is 6.17. The number of benzene rings is 2. The zero-order valence-electron chi connectivity index (χ0n) is 18.1. The van der Waals surface area contributed by atoms with Crippen molar-refractivity contribution in [2.75, 3.05) is 13.1 Å². The molecule has 0 fully saturated rings. The number of hydrogen-bond donors (Lipinski definition) is 2. The van der Waals surface area contributed by atoms with Gasteiger partial charge >= 0.3 is 0 Å². The Balaban J connectivity index is 1.46. The number of rotatable bonds is 4. The summed E-state index contributed by atoms with van der Waals surface area (Å²) in [7, 11) is 0. The normalized spacial score (nSPS) is 15.3. The number of aromatic amines is 1. The van der Waals surface area contributed by atoms with Crippen molar-refractivity contribution in [3.05, 3.63) is 101 Å². The number of aryl methyl sites for hydroxylation is 1. The zero-order chi connectivity index (χ0) is 22.9. The average molecular weight is 442 g/mol. The lowest BCUT2D eigenvalue weighted by Gasteiger charge is -2.37. The van der Waals surface area contributed by atoms with Crippen LogP contribution in [-0.2, 0) is 6.42 Å². The Kier molecular flexibility index (Phi) is 5.38. The second-order valence-corrected chi connectivity index (χ2v) is 8.27. The molecule has 2 amide bonds. The SMILES string of the molecule is Cc1cnc(F)c(C(=O)NCC2c3ccccc3CCN2C(=O)c2cccc3[nH]ccc23)c1. The first-order chi connectivity index (χ1) is 16.0. The van der Waals surface area contributed by atoms with Crippen molar-refractivity contribution < 1.29 is 14.0 Å². The first kappa shape index (κ1) is 20.9. The molecule has 3 heterocycles. The molecule has 0 saturated heterocycles. The summed E-state index contributed by atoms with van der Waals surface area (Å²) in [5, 5.41) is 3.69. The molecule has 0 radical (unpaired) electrons. The number of nitrogens with zero attached hydrogens (tertiary/aromatic N) is 2. The van der Waals surface area contributed by atoms with Crippen molar-refractivity contribution in [3.8, 4) is 0 Å². The third kappa shape index (κ3) is 3.86. The number of halogens is 1. The summed E-state index contributed by atoms with van der Waals surface area (Å²) < 4.78 is 14.1. The van der Waals surface area contributed by atoms with Crippen molar-refractivity contribution in [2.45, 2.75) is 19.4 Å². The lowest BCUT2D eigenvalue weighted by molar-refractivity contribution is 0.0650. The smallest absolute Gasteiger partial charge is 0.256 e. The molecule has 0 spiro atoms. The van der Waals surface area contributed by atoms with Crippen molar-refractivity contribution >= 4 is 22.7 Å². The van der Waals surface area contributed by atoms with Crippen molar-refractivity contribution in [2.24, 2.45) is 0 Å². The van der Waals surface area contributed by atoms with Crippen LogP contribution in [0, 0.1) is 12.9 Å². The number of amides is 2. The van der Waals surface area contributed by atoms with E-state index < -0.39 is 11.9 Å². The van der Waals surface area contributed by atoms with E-state index in [1.807, 2.05) is 54.7 Å². The molecule has 2 N–H and O–H groups in total. The van der Waals surface area contributed by atoms with Gasteiger partial charge in [0.25, 0.3) is 11.8 Å². The van der Waals surface area contributed by atoms with Crippen LogP contribution in [0.25, 0.3) is 10.9 Å². The van der Waals surface area contributed by atoms with Gasteiger partial charge in [0.1, 0.15) is 0 Å². The van der Waals surface area contributed by atoms with Crippen molar-refractivity contribution in [3.63, 3.8) is 0 Å². The molecule has 4 aromatic rings. The lowest BCUT2D eigenvalue weighted by Crippen LogP contribution is -2.45. The number of carbonyl (C=O) groups is 2. The molecule has 0 saturated carbocycles. The van der Waals surface area contributed by atoms with E-state index in [0.29, 0.717) is 17.7 Å². The minimum atomic E-state index is -0.811. The van der Waals surface area contributed by atoms with Crippen LogP contribution in [0.3, 0.4) is 0 Å². The molecule has 0 bridgehead atoms. The Labute approximate surface area is 190 Å². The first-order valence-electron chi connectivity index (χ1n) is 10.9. The fourth-order valence-corrected chi connectivity index (χ4v) is 4.54. The lowest BCUT2D eigenvalue weighted by atomic mass is 9.91. The predicted molar refractivity (Wildman–Crippen MR) is 123 cm³/mol. The summed E-state index contributed by atoms with van der Waals surface area (Å²) in [5.74, 6) is -1.46. The van der Waals surface area contributed by atoms with Crippen LogP contribution < -0.4 is 5.32 Å². The number of fused-ring (bicyclic) bond motifs is 2. The molecule has 2 aromatic carbocycles. The van der Waals surface area contributed by atoms with E-state index in [2.05, 4.69) is 15.3 Å². The molecular formula is C26H23FN4O2. The number of aromatic nitrogens is 2. The Morgan fingerprint density at radius 1 is 1.15 bits per heavy atom. The second kappa shape index (κ2) is 8.50. The van der Waals surface area contributed by atoms with E-state index in [1.54, 1.807) is 11.8 Å². The number of carbonyl (C=O) groups excluding carboxylic acids is 2. The minimum absolute atomic E-state index is 0.0997. The monoisotopic (exact) mass is 442 g/mol. The van der Waals surface area contributed by atoms with E-state index in [0.717, 1.165) is 28.5 Å². The molecular weight excluding hydrogens is 419 g/mol. The van der Waals surface area contributed by atoms with Gasteiger partial charge < -0.3 is 15.2 Å². The van der Waals surface area contributed by atoms with E-state index in [4.69, 9.17) is 0 Å². The highest BCUT2D eigenvalue weighted by atomic mass is 19.1. The summed E-state index contributed by atoms with van der Waals surface area (Å²) in [6, 6.07) is 16.5. The van der Waals surface area contributed by atoms with Gasteiger partial charge in [-0.1, -0.05) is 30.3 Å². The molecule has 1 aliphatic heterocycles.